The smallest absolute Gasteiger partial charge is 0.264 e. The van der Waals surface area contributed by atoms with Gasteiger partial charge in [0.25, 0.3) is 5.91 Å². The van der Waals surface area contributed by atoms with Gasteiger partial charge >= 0.3 is 0 Å². The number of halogens is 2. The summed E-state index contributed by atoms with van der Waals surface area (Å²) >= 11 is 1.02. The molecular weight excluding hydrogens is 518 g/mol. The number of carbonyl (C=O) groups is 1. The lowest BCUT2D eigenvalue weighted by Gasteiger charge is -2.37. The molecule has 3 N–H and O–H groups in total. The molecule has 9 heteroatoms. The third kappa shape index (κ3) is 5.33. The molecule has 4 aromatic rings. The summed E-state index contributed by atoms with van der Waals surface area (Å²) in [6, 6.07) is 12.1. The van der Waals surface area contributed by atoms with Crippen molar-refractivity contribution in [2.45, 2.75) is 51.2 Å². The molecule has 2 aromatic carbocycles. The molecule has 1 aliphatic carbocycles. The summed E-state index contributed by atoms with van der Waals surface area (Å²) in [5.74, 6) is -0.165. The number of fused-ring (bicyclic) bond motifs is 1. The Morgan fingerprint density at radius 3 is 2.46 bits per heavy atom. The predicted molar refractivity (Wildman–Crippen MR) is 152 cm³/mol. The minimum Gasteiger partial charge on any atom is -0.496 e. The Morgan fingerprint density at radius 1 is 1.10 bits per heavy atom. The first-order valence-electron chi connectivity index (χ1n) is 13.0. The number of hydrogen-bond acceptors (Lipinski definition) is 6. The van der Waals surface area contributed by atoms with Crippen LogP contribution in [0.4, 0.5) is 14.6 Å². The van der Waals surface area contributed by atoms with Crippen molar-refractivity contribution in [2.24, 2.45) is 0 Å². The average molecular weight is 551 g/mol. The molecule has 0 radical (unpaired) electrons. The first kappa shape index (κ1) is 27.0. The van der Waals surface area contributed by atoms with E-state index >= 15 is 0 Å². The van der Waals surface area contributed by atoms with E-state index in [1.165, 1.54) is 0 Å². The first-order valence-corrected chi connectivity index (χ1v) is 13.9. The second kappa shape index (κ2) is 11.3. The highest BCUT2D eigenvalue weighted by Gasteiger charge is 2.32. The van der Waals surface area contributed by atoms with E-state index in [-0.39, 0.29) is 22.0 Å². The molecule has 0 saturated heterocycles. The van der Waals surface area contributed by atoms with Crippen LogP contribution in [0, 0.1) is 18.6 Å². The summed E-state index contributed by atoms with van der Waals surface area (Å²) in [6.07, 6.45) is 5.25. The Hall–Kier alpha value is -3.56. The number of methoxy groups -OCH3 is 1. The maximum absolute atomic E-state index is 14.7. The molecule has 204 valence electrons. The highest BCUT2D eigenvalue weighted by atomic mass is 32.1. The molecule has 2 aromatic heterocycles. The van der Waals surface area contributed by atoms with E-state index < -0.39 is 11.6 Å². The number of nitrogens with one attached hydrogen (secondary N) is 1. The molecule has 2 heterocycles. The van der Waals surface area contributed by atoms with Gasteiger partial charge in [0.2, 0.25) is 0 Å². The first-order chi connectivity index (χ1) is 18.8. The van der Waals surface area contributed by atoms with Crippen molar-refractivity contribution in [3.63, 3.8) is 0 Å². The molecule has 0 atom stereocenters. The number of nitrogens with two attached hydrogens (primary N) is 1. The van der Waals surface area contributed by atoms with Crippen molar-refractivity contribution in [1.82, 2.24) is 15.2 Å². The van der Waals surface area contributed by atoms with Gasteiger partial charge in [0, 0.05) is 41.3 Å². The maximum Gasteiger partial charge on any atom is 0.264 e. The summed E-state index contributed by atoms with van der Waals surface area (Å²) < 4.78 is 35.2. The number of nitrogen functional groups attached to an aromatic ring is 1. The molecule has 0 spiro atoms. The molecule has 1 aliphatic rings. The lowest BCUT2D eigenvalue weighted by atomic mass is 9.89. The van der Waals surface area contributed by atoms with Gasteiger partial charge in [-0.05, 0) is 87.2 Å². The van der Waals surface area contributed by atoms with E-state index in [1.54, 1.807) is 26.3 Å². The number of benzene rings is 2. The van der Waals surface area contributed by atoms with E-state index in [2.05, 4.69) is 10.3 Å². The molecule has 6 nitrogen and oxygen atoms in total. The van der Waals surface area contributed by atoms with Crippen LogP contribution in [0.2, 0.25) is 0 Å². The second-order valence-corrected chi connectivity index (χ2v) is 11.0. The van der Waals surface area contributed by atoms with Crippen LogP contribution >= 0.6 is 11.3 Å². The zero-order chi connectivity index (χ0) is 27.7. The van der Waals surface area contributed by atoms with Gasteiger partial charge in [-0.1, -0.05) is 6.07 Å². The quantitative estimate of drug-likeness (QED) is 0.282. The number of ether oxygens (including phenoxy) is 1. The van der Waals surface area contributed by atoms with Crippen molar-refractivity contribution >= 4 is 33.1 Å². The molecule has 1 saturated carbocycles. The second-order valence-electron chi connectivity index (χ2n) is 10.0. The number of anilines is 1. The van der Waals surface area contributed by atoms with Crippen LogP contribution in [0.3, 0.4) is 0 Å². The summed E-state index contributed by atoms with van der Waals surface area (Å²) in [5, 5.41) is 3.52. The average Bonchev–Trinajstić information content (AvgIpc) is 3.32. The van der Waals surface area contributed by atoms with Gasteiger partial charge in [-0.25, -0.2) is 13.8 Å². The van der Waals surface area contributed by atoms with Crippen molar-refractivity contribution < 1.29 is 18.3 Å². The number of rotatable bonds is 7. The van der Waals surface area contributed by atoms with Crippen molar-refractivity contribution in [3.05, 3.63) is 76.3 Å². The summed E-state index contributed by atoms with van der Waals surface area (Å²) in [6.45, 7) is 1.99. The van der Waals surface area contributed by atoms with Crippen LogP contribution in [-0.4, -0.2) is 42.0 Å². The standard InChI is InChI=1S/C30H32F2N4O2S/c1-17-27-23(31)10-11-24(32)29(27)39-28(17)30(37)36(22-8-6-21(34-2)7-9-22)16-20-14-18(4-12-25(20)38-3)19-5-13-26(33)35-15-19/h4-5,10-15,21-22,34H,6-9,16H2,1-3H3,(H2,33,35). The molecule has 1 fully saturated rings. The van der Waals surface area contributed by atoms with E-state index in [1.807, 2.05) is 36.2 Å². The van der Waals surface area contributed by atoms with Gasteiger partial charge in [0.05, 0.1) is 16.7 Å². The van der Waals surface area contributed by atoms with Gasteiger partial charge < -0.3 is 20.7 Å². The SMILES string of the molecule is CNC1CCC(N(Cc2cc(-c3ccc(N)nc3)ccc2OC)C(=O)c2sc3c(F)ccc(F)c3c2C)CC1. The molecule has 0 unspecified atom stereocenters. The van der Waals surface area contributed by atoms with Gasteiger partial charge in [-0.2, -0.15) is 0 Å². The molecule has 0 aliphatic heterocycles. The van der Waals surface area contributed by atoms with Gasteiger partial charge in [0.1, 0.15) is 23.2 Å². The Morgan fingerprint density at radius 2 is 1.82 bits per heavy atom. The number of carbonyl (C=O) groups excluding carboxylic acids is 1. The fourth-order valence-electron chi connectivity index (χ4n) is 5.49. The van der Waals surface area contributed by atoms with E-state index in [0.717, 1.165) is 65.8 Å². The Balaban J connectivity index is 1.55. The zero-order valence-electron chi connectivity index (χ0n) is 22.3. The molecule has 39 heavy (non-hydrogen) atoms. The normalized spacial score (nSPS) is 17.4. The lowest BCUT2D eigenvalue weighted by molar-refractivity contribution is 0.0604. The highest BCUT2D eigenvalue weighted by molar-refractivity contribution is 7.21. The number of aromatic nitrogens is 1. The monoisotopic (exact) mass is 550 g/mol. The number of hydrogen-bond donors (Lipinski definition) is 2. The topological polar surface area (TPSA) is 80.5 Å². The number of aryl methyl sites for hydroxylation is 1. The van der Waals surface area contributed by atoms with Crippen molar-refractivity contribution in [2.75, 3.05) is 19.9 Å². The van der Waals surface area contributed by atoms with E-state index in [9.17, 15) is 13.6 Å². The minimum atomic E-state index is -0.522. The van der Waals surface area contributed by atoms with Crippen LogP contribution in [0.25, 0.3) is 21.2 Å². The third-order valence-corrected chi connectivity index (χ3v) is 9.01. The third-order valence-electron chi connectivity index (χ3n) is 7.72. The largest absolute Gasteiger partial charge is 0.496 e. The zero-order valence-corrected chi connectivity index (χ0v) is 23.1. The molecular formula is C30H32F2N4O2S. The number of thiophene rings is 1. The fourth-order valence-corrected chi connectivity index (χ4v) is 6.68. The molecule has 1 amide bonds. The van der Waals surface area contributed by atoms with Crippen molar-refractivity contribution in [3.8, 4) is 16.9 Å². The number of pyridine rings is 1. The van der Waals surface area contributed by atoms with Gasteiger partial charge in [-0.3, -0.25) is 4.79 Å². The summed E-state index contributed by atoms with van der Waals surface area (Å²) in [7, 11) is 3.56. The van der Waals surface area contributed by atoms with E-state index in [4.69, 9.17) is 10.5 Å². The fraction of sp³-hybridized carbons (Fsp3) is 0.333. The Bertz CT molecular complexity index is 1500. The van der Waals surface area contributed by atoms with Crippen LogP contribution in [-0.2, 0) is 6.54 Å². The Kier molecular flexibility index (Phi) is 7.81. The van der Waals surface area contributed by atoms with Gasteiger partial charge in [-0.15, -0.1) is 11.3 Å². The van der Waals surface area contributed by atoms with Crippen LogP contribution in [0.15, 0.2) is 48.7 Å². The van der Waals surface area contributed by atoms with Crippen LogP contribution in [0.5, 0.6) is 5.75 Å². The van der Waals surface area contributed by atoms with Crippen molar-refractivity contribution in [1.29, 1.82) is 0 Å². The maximum atomic E-state index is 14.7. The van der Waals surface area contributed by atoms with E-state index in [0.29, 0.717) is 34.6 Å². The summed E-state index contributed by atoms with van der Waals surface area (Å²) in [5.41, 5.74) is 8.90. The minimum absolute atomic E-state index is 0.0204. The Labute approximate surface area is 230 Å². The van der Waals surface area contributed by atoms with Crippen LogP contribution < -0.4 is 15.8 Å². The molecule has 0 bridgehead atoms. The number of amides is 1. The predicted octanol–water partition coefficient (Wildman–Crippen LogP) is 6.31. The summed E-state index contributed by atoms with van der Waals surface area (Å²) in [4.78, 5) is 20.6. The molecule has 5 rings (SSSR count). The number of nitrogens with zero attached hydrogens (tertiary/aromatic N) is 2. The lowest BCUT2D eigenvalue weighted by Crippen LogP contribution is -2.44. The highest BCUT2D eigenvalue weighted by Crippen LogP contribution is 2.37. The van der Waals surface area contributed by atoms with Crippen LogP contribution in [0.1, 0.15) is 46.5 Å². The van der Waals surface area contributed by atoms with Gasteiger partial charge in [0.15, 0.2) is 0 Å².